The summed E-state index contributed by atoms with van der Waals surface area (Å²) in [5, 5.41) is 18.5. The van der Waals surface area contributed by atoms with Crippen molar-refractivity contribution in [2.45, 2.75) is 52.7 Å². The Morgan fingerprint density at radius 3 is 1.84 bits per heavy atom. The number of rotatable bonds is 11. The van der Waals surface area contributed by atoms with Crippen LogP contribution in [0.1, 0.15) is 57.6 Å². The molecule has 0 aliphatic carbocycles. The molecule has 3 rings (SSSR count). The van der Waals surface area contributed by atoms with Crippen molar-refractivity contribution < 1.29 is 19.4 Å². The van der Waals surface area contributed by atoms with Crippen LogP contribution in [0.25, 0.3) is 5.57 Å². The molecule has 5 nitrogen and oxygen atoms in total. The maximum Gasteiger partial charge on any atom is 0.349 e. The third-order valence-electron chi connectivity index (χ3n) is 5.73. The maximum absolute atomic E-state index is 12.8. The van der Waals surface area contributed by atoms with Crippen LogP contribution in [0.4, 0.5) is 0 Å². The quantitative estimate of drug-likeness (QED) is 0.131. The van der Waals surface area contributed by atoms with Crippen LogP contribution in [-0.2, 0) is 9.53 Å². The van der Waals surface area contributed by atoms with E-state index in [2.05, 4.69) is 19.9 Å². The van der Waals surface area contributed by atoms with Gasteiger partial charge in [0.05, 0.1) is 6.61 Å². The number of aliphatic hydroxyl groups is 1. The largest absolute Gasteiger partial charge is 0.465 e. The number of hydrogen-bond donors (Lipinski definition) is 1. The summed E-state index contributed by atoms with van der Waals surface area (Å²) in [4.78, 5) is 12.8. The lowest BCUT2D eigenvalue weighted by Gasteiger charge is -2.16. The van der Waals surface area contributed by atoms with E-state index in [0.29, 0.717) is 23.8 Å². The SMILES string of the molecule is CC(O)Oc1ccccc1.CCCCC(CC)COC(=O)C(C#N)=C(c1ccccc1)c1ccccc1. The molecule has 1 N–H and O–H groups in total. The summed E-state index contributed by atoms with van der Waals surface area (Å²) in [6, 6.07) is 30.3. The van der Waals surface area contributed by atoms with Crippen molar-refractivity contribution in [3.05, 3.63) is 108 Å². The van der Waals surface area contributed by atoms with E-state index in [9.17, 15) is 10.1 Å². The molecule has 0 saturated heterocycles. The summed E-state index contributed by atoms with van der Waals surface area (Å²) in [5.74, 6) is 0.485. The van der Waals surface area contributed by atoms with E-state index < -0.39 is 12.3 Å². The van der Waals surface area contributed by atoms with Gasteiger partial charge in [0.2, 0.25) is 0 Å². The highest BCUT2D eigenvalue weighted by Crippen LogP contribution is 2.27. The first kappa shape index (κ1) is 29.4. The number of aliphatic hydroxyl groups excluding tert-OH is 1. The molecule has 0 radical (unpaired) electrons. The number of ether oxygens (including phenoxy) is 2. The van der Waals surface area contributed by atoms with Crippen LogP contribution in [0.5, 0.6) is 5.75 Å². The molecule has 37 heavy (non-hydrogen) atoms. The van der Waals surface area contributed by atoms with Crippen molar-refractivity contribution in [2.24, 2.45) is 5.92 Å². The molecule has 0 spiro atoms. The van der Waals surface area contributed by atoms with Gasteiger partial charge in [0.15, 0.2) is 6.29 Å². The van der Waals surface area contributed by atoms with E-state index in [-0.39, 0.29) is 5.57 Å². The summed E-state index contributed by atoms with van der Waals surface area (Å²) < 4.78 is 10.5. The molecule has 0 aliphatic heterocycles. The van der Waals surface area contributed by atoms with Gasteiger partial charge in [-0.25, -0.2) is 4.79 Å². The number of unbranched alkanes of at least 4 members (excludes halogenated alkanes) is 1. The Morgan fingerprint density at radius 2 is 1.41 bits per heavy atom. The minimum Gasteiger partial charge on any atom is -0.465 e. The monoisotopic (exact) mass is 499 g/mol. The second-order valence-electron chi connectivity index (χ2n) is 8.64. The first-order valence-corrected chi connectivity index (χ1v) is 12.8. The average Bonchev–Trinajstić information content (AvgIpc) is 2.93. The number of carbonyl (C=O) groups excluding carboxylic acids is 1. The number of carbonyl (C=O) groups is 1. The van der Waals surface area contributed by atoms with Gasteiger partial charge in [0.25, 0.3) is 0 Å². The molecule has 0 aliphatic rings. The van der Waals surface area contributed by atoms with Gasteiger partial charge in [-0.05, 0) is 42.5 Å². The van der Waals surface area contributed by atoms with Crippen LogP contribution in [0.2, 0.25) is 0 Å². The van der Waals surface area contributed by atoms with Crippen LogP contribution < -0.4 is 4.74 Å². The third kappa shape index (κ3) is 10.3. The van der Waals surface area contributed by atoms with Gasteiger partial charge in [-0.1, -0.05) is 112 Å². The fourth-order valence-electron chi connectivity index (χ4n) is 3.73. The van der Waals surface area contributed by atoms with Crippen LogP contribution in [-0.4, -0.2) is 24.0 Å². The number of benzene rings is 3. The molecule has 3 aromatic rings. The number of nitrogens with zero attached hydrogens (tertiary/aromatic N) is 1. The zero-order chi connectivity index (χ0) is 26.9. The van der Waals surface area contributed by atoms with Gasteiger partial charge in [0, 0.05) is 5.57 Å². The lowest BCUT2D eigenvalue weighted by molar-refractivity contribution is -0.139. The number of esters is 1. The highest BCUT2D eigenvalue weighted by Gasteiger charge is 2.21. The van der Waals surface area contributed by atoms with Gasteiger partial charge < -0.3 is 14.6 Å². The summed E-state index contributed by atoms with van der Waals surface area (Å²) in [6.07, 6.45) is 3.51. The van der Waals surface area contributed by atoms with Crippen molar-refractivity contribution in [2.75, 3.05) is 6.61 Å². The number of nitriles is 1. The van der Waals surface area contributed by atoms with Crippen LogP contribution >= 0.6 is 0 Å². The van der Waals surface area contributed by atoms with Crippen molar-refractivity contribution >= 4 is 11.5 Å². The van der Waals surface area contributed by atoms with Crippen LogP contribution in [0.15, 0.2) is 96.6 Å². The fourth-order valence-corrected chi connectivity index (χ4v) is 3.73. The molecule has 194 valence electrons. The molecule has 0 amide bonds. The highest BCUT2D eigenvalue weighted by molar-refractivity contribution is 6.05. The van der Waals surface area contributed by atoms with E-state index in [1.807, 2.05) is 78.9 Å². The first-order valence-electron chi connectivity index (χ1n) is 12.8. The Balaban J connectivity index is 0.000000402. The van der Waals surface area contributed by atoms with Gasteiger partial charge in [-0.15, -0.1) is 0 Å². The second kappa shape index (κ2) is 16.7. The third-order valence-corrected chi connectivity index (χ3v) is 5.73. The highest BCUT2D eigenvalue weighted by atomic mass is 16.6. The Hall–Kier alpha value is -3.88. The molecule has 0 heterocycles. The second-order valence-corrected chi connectivity index (χ2v) is 8.64. The zero-order valence-electron chi connectivity index (χ0n) is 22.0. The van der Waals surface area contributed by atoms with E-state index in [4.69, 9.17) is 14.6 Å². The molecule has 2 atom stereocenters. The molecular weight excluding hydrogens is 462 g/mol. The number of para-hydroxylation sites is 1. The molecule has 2 unspecified atom stereocenters. The Kier molecular flexibility index (Phi) is 13.3. The normalized spacial score (nSPS) is 11.6. The molecule has 0 aromatic heterocycles. The zero-order valence-corrected chi connectivity index (χ0v) is 22.0. The van der Waals surface area contributed by atoms with Crippen molar-refractivity contribution in [3.8, 4) is 11.8 Å². The topological polar surface area (TPSA) is 79.5 Å². The summed E-state index contributed by atoms with van der Waals surface area (Å²) in [5.41, 5.74) is 2.33. The molecule has 0 saturated carbocycles. The average molecular weight is 500 g/mol. The van der Waals surface area contributed by atoms with Gasteiger partial charge in [-0.3, -0.25) is 0 Å². The van der Waals surface area contributed by atoms with Crippen molar-refractivity contribution in [1.29, 1.82) is 5.26 Å². The van der Waals surface area contributed by atoms with E-state index in [1.165, 1.54) is 0 Å². The van der Waals surface area contributed by atoms with E-state index in [1.54, 1.807) is 19.1 Å². The van der Waals surface area contributed by atoms with Crippen LogP contribution in [0.3, 0.4) is 0 Å². The predicted octanol–water partition coefficient (Wildman–Crippen LogP) is 7.18. The van der Waals surface area contributed by atoms with Crippen LogP contribution in [0, 0.1) is 17.2 Å². The minimum absolute atomic E-state index is 0.0535. The Bertz CT molecular complexity index is 1080. The van der Waals surface area contributed by atoms with Gasteiger partial charge in [-0.2, -0.15) is 5.26 Å². The molecule has 5 heteroatoms. The predicted molar refractivity (Wildman–Crippen MR) is 148 cm³/mol. The van der Waals surface area contributed by atoms with Crippen molar-refractivity contribution in [3.63, 3.8) is 0 Å². The molecule has 0 bridgehead atoms. The standard InChI is InChI=1S/C24H27NO2.C8H10O2/c1-3-5-12-19(4-2)18-27-24(26)22(17-25)23(20-13-8-6-9-14-20)21-15-10-7-11-16-21;1-7(9)10-8-5-3-2-4-6-8/h6-11,13-16,19H,3-5,12,18H2,1-2H3;2-7,9H,1H3. The fraction of sp³-hybridized carbons (Fsp3) is 0.312. The lowest BCUT2D eigenvalue weighted by Crippen LogP contribution is -2.16. The van der Waals surface area contributed by atoms with E-state index >= 15 is 0 Å². The molecule has 3 aromatic carbocycles. The van der Waals surface area contributed by atoms with Crippen molar-refractivity contribution in [1.82, 2.24) is 0 Å². The minimum atomic E-state index is -0.734. The van der Waals surface area contributed by atoms with Gasteiger partial charge >= 0.3 is 5.97 Å². The summed E-state index contributed by atoms with van der Waals surface area (Å²) >= 11 is 0. The summed E-state index contributed by atoms with van der Waals surface area (Å²) in [6.45, 7) is 6.19. The summed E-state index contributed by atoms with van der Waals surface area (Å²) in [7, 11) is 0. The Labute approximate surface area is 221 Å². The smallest absolute Gasteiger partial charge is 0.349 e. The number of hydrogen-bond acceptors (Lipinski definition) is 5. The maximum atomic E-state index is 12.8. The first-order chi connectivity index (χ1) is 18.0. The lowest BCUT2D eigenvalue weighted by atomic mass is 9.93. The van der Waals surface area contributed by atoms with E-state index in [0.717, 1.165) is 36.8 Å². The van der Waals surface area contributed by atoms with Gasteiger partial charge in [0.1, 0.15) is 17.4 Å². The Morgan fingerprint density at radius 1 is 0.892 bits per heavy atom. The molecular formula is C32H37NO4. The molecule has 0 fully saturated rings.